The molecule has 0 atom stereocenters. The summed E-state index contributed by atoms with van der Waals surface area (Å²) in [5.74, 6) is 0. The number of hydrogen-bond donors (Lipinski definition) is 0. The Morgan fingerprint density at radius 1 is 1.46 bits per heavy atom. The molecule has 3 heteroatoms. The topological polar surface area (TPSA) is 17.8 Å². The van der Waals surface area contributed by atoms with Crippen LogP contribution in [0.5, 0.6) is 0 Å². The van der Waals surface area contributed by atoms with Crippen molar-refractivity contribution in [3.05, 3.63) is 28.9 Å². The van der Waals surface area contributed by atoms with Gasteiger partial charge >= 0.3 is 0 Å². The molecule has 2 rings (SSSR count). The Kier molecular flexibility index (Phi) is 2.00. The largest absolute Gasteiger partial charge is 0.268 e. The van der Waals surface area contributed by atoms with Gasteiger partial charge in [0.15, 0.2) is 0 Å². The van der Waals surface area contributed by atoms with Crippen molar-refractivity contribution in [2.75, 3.05) is 0 Å². The SMILES string of the molecule is CCc1cc(Cl)c2cnn(C)c2c1. The van der Waals surface area contributed by atoms with Crippen molar-refractivity contribution in [3.63, 3.8) is 0 Å². The van der Waals surface area contributed by atoms with Crippen LogP contribution in [-0.4, -0.2) is 9.78 Å². The lowest BCUT2D eigenvalue weighted by molar-refractivity contribution is 0.796. The smallest absolute Gasteiger partial charge is 0.0696 e. The number of benzene rings is 1. The van der Waals surface area contributed by atoms with E-state index in [1.54, 1.807) is 6.20 Å². The van der Waals surface area contributed by atoms with Crippen LogP contribution >= 0.6 is 11.6 Å². The van der Waals surface area contributed by atoms with Gasteiger partial charge in [-0.15, -0.1) is 0 Å². The molecular weight excluding hydrogens is 184 g/mol. The minimum absolute atomic E-state index is 0.794. The number of rotatable bonds is 1. The molecule has 0 saturated carbocycles. The molecule has 0 aliphatic heterocycles. The third kappa shape index (κ3) is 1.31. The Hall–Kier alpha value is -1.02. The molecule has 0 spiro atoms. The molecule has 1 aromatic carbocycles. The minimum atomic E-state index is 0.794. The summed E-state index contributed by atoms with van der Waals surface area (Å²) < 4.78 is 1.85. The lowest BCUT2D eigenvalue weighted by Crippen LogP contribution is -1.90. The molecule has 0 amide bonds. The highest BCUT2D eigenvalue weighted by molar-refractivity contribution is 6.35. The Balaban J connectivity index is 2.80. The number of aryl methyl sites for hydroxylation is 2. The van der Waals surface area contributed by atoms with Crippen LogP contribution in [-0.2, 0) is 13.5 Å². The minimum Gasteiger partial charge on any atom is -0.268 e. The first-order valence-corrected chi connectivity index (χ1v) is 4.70. The van der Waals surface area contributed by atoms with Gasteiger partial charge in [-0.3, -0.25) is 4.68 Å². The summed E-state index contributed by atoms with van der Waals surface area (Å²) in [5, 5.41) is 5.99. The molecular formula is C10H11ClN2. The number of nitrogens with zero attached hydrogens (tertiary/aromatic N) is 2. The van der Waals surface area contributed by atoms with Crippen LogP contribution in [0.2, 0.25) is 5.02 Å². The fourth-order valence-corrected chi connectivity index (χ4v) is 1.75. The van der Waals surface area contributed by atoms with Gasteiger partial charge in [-0.2, -0.15) is 5.10 Å². The maximum atomic E-state index is 6.10. The first kappa shape index (κ1) is 8.57. The van der Waals surface area contributed by atoms with E-state index < -0.39 is 0 Å². The van der Waals surface area contributed by atoms with Crippen molar-refractivity contribution < 1.29 is 0 Å². The molecule has 13 heavy (non-hydrogen) atoms. The highest BCUT2D eigenvalue weighted by atomic mass is 35.5. The molecule has 0 bridgehead atoms. The number of fused-ring (bicyclic) bond motifs is 1. The molecule has 1 aromatic heterocycles. The average Bonchev–Trinajstić information content (AvgIpc) is 2.48. The second-order valence-corrected chi connectivity index (χ2v) is 3.54. The highest BCUT2D eigenvalue weighted by Gasteiger charge is 2.04. The predicted molar refractivity (Wildman–Crippen MR) is 55.1 cm³/mol. The van der Waals surface area contributed by atoms with Gasteiger partial charge in [-0.25, -0.2) is 0 Å². The fourth-order valence-electron chi connectivity index (χ4n) is 1.46. The van der Waals surface area contributed by atoms with E-state index >= 15 is 0 Å². The van der Waals surface area contributed by atoms with Gasteiger partial charge in [0, 0.05) is 12.4 Å². The van der Waals surface area contributed by atoms with E-state index in [0.717, 1.165) is 22.3 Å². The van der Waals surface area contributed by atoms with Crippen LogP contribution in [0, 0.1) is 0 Å². The maximum absolute atomic E-state index is 6.10. The predicted octanol–water partition coefficient (Wildman–Crippen LogP) is 2.79. The van der Waals surface area contributed by atoms with E-state index in [2.05, 4.69) is 18.1 Å². The van der Waals surface area contributed by atoms with Gasteiger partial charge in [0.2, 0.25) is 0 Å². The van der Waals surface area contributed by atoms with Crippen molar-refractivity contribution in [2.45, 2.75) is 13.3 Å². The normalized spacial score (nSPS) is 11.0. The Morgan fingerprint density at radius 2 is 2.23 bits per heavy atom. The van der Waals surface area contributed by atoms with E-state index in [4.69, 9.17) is 11.6 Å². The zero-order valence-corrected chi connectivity index (χ0v) is 8.47. The molecule has 2 aromatic rings. The highest BCUT2D eigenvalue weighted by Crippen LogP contribution is 2.24. The fraction of sp³-hybridized carbons (Fsp3) is 0.300. The summed E-state index contributed by atoms with van der Waals surface area (Å²) >= 11 is 6.10. The number of halogens is 1. The maximum Gasteiger partial charge on any atom is 0.0696 e. The first-order chi connectivity index (χ1) is 6.22. The van der Waals surface area contributed by atoms with E-state index in [9.17, 15) is 0 Å². The third-order valence-corrected chi connectivity index (χ3v) is 2.60. The summed E-state index contributed by atoms with van der Waals surface area (Å²) in [7, 11) is 1.93. The summed E-state index contributed by atoms with van der Waals surface area (Å²) in [6.45, 7) is 2.12. The Morgan fingerprint density at radius 3 is 2.92 bits per heavy atom. The summed E-state index contributed by atoms with van der Waals surface area (Å²) in [6.07, 6.45) is 2.80. The van der Waals surface area contributed by atoms with Gasteiger partial charge in [0.05, 0.1) is 16.7 Å². The summed E-state index contributed by atoms with van der Waals surface area (Å²) in [5.41, 5.74) is 2.35. The van der Waals surface area contributed by atoms with Crippen LogP contribution in [0.4, 0.5) is 0 Å². The number of hydrogen-bond acceptors (Lipinski definition) is 1. The zero-order valence-electron chi connectivity index (χ0n) is 7.71. The lowest BCUT2D eigenvalue weighted by Gasteiger charge is -2.00. The monoisotopic (exact) mass is 194 g/mol. The zero-order chi connectivity index (χ0) is 9.42. The van der Waals surface area contributed by atoms with Crippen molar-refractivity contribution in [2.24, 2.45) is 7.05 Å². The van der Waals surface area contributed by atoms with Crippen molar-refractivity contribution in [3.8, 4) is 0 Å². The van der Waals surface area contributed by atoms with Crippen LogP contribution in [0.3, 0.4) is 0 Å². The van der Waals surface area contributed by atoms with Gasteiger partial charge in [0.25, 0.3) is 0 Å². The second-order valence-electron chi connectivity index (χ2n) is 3.13. The van der Waals surface area contributed by atoms with Crippen LogP contribution in [0.25, 0.3) is 10.9 Å². The Labute approximate surface area is 82.1 Å². The van der Waals surface area contributed by atoms with Gasteiger partial charge < -0.3 is 0 Å². The second kappa shape index (κ2) is 3.04. The van der Waals surface area contributed by atoms with Crippen molar-refractivity contribution in [1.82, 2.24) is 9.78 Å². The van der Waals surface area contributed by atoms with Crippen LogP contribution in [0.15, 0.2) is 18.3 Å². The quantitative estimate of drug-likeness (QED) is 0.683. The van der Waals surface area contributed by atoms with Crippen molar-refractivity contribution in [1.29, 1.82) is 0 Å². The Bertz CT molecular complexity index is 445. The average molecular weight is 195 g/mol. The molecule has 0 unspecified atom stereocenters. The van der Waals surface area contributed by atoms with Gasteiger partial charge in [-0.05, 0) is 24.1 Å². The van der Waals surface area contributed by atoms with Gasteiger partial charge in [-0.1, -0.05) is 18.5 Å². The van der Waals surface area contributed by atoms with Crippen LogP contribution in [0.1, 0.15) is 12.5 Å². The molecule has 0 saturated heterocycles. The first-order valence-electron chi connectivity index (χ1n) is 4.32. The standard InChI is InChI=1S/C10H11ClN2/c1-3-7-4-9(11)8-6-12-13(2)10(8)5-7/h4-6H,3H2,1-2H3. The summed E-state index contributed by atoms with van der Waals surface area (Å²) in [4.78, 5) is 0. The molecule has 68 valence electrons. The number of aromatic nitrogens is 2. The molecule has 0 aliphatic carbocycles. The molecule has 0 N–H and O–H groups in total. The molecule has 0 fully saturated rings. The molecule has 2 nitrogen and oxygen atoms in total. The van der Waals surface area contributed by atoms with E-state index in [-0.39, 0.29) is 0 Å². The lowest BCUT2D eigenvalue weighted by atomic mass is 10.1. The van der Waals surface area contributed by atoms with Crippen molar-refractivity contribution >= 4 is 22.5 Å². The van der Waals surface area contributed by atoms with Crippen LogP contribution < -0.4 is 0 Å². The van der Waals surface area contributed by atoms with Gasteiger partial charge in [0.1, 0.15) is 0 Å². The molecule has 0 aliphatic rings. The van der Waals surface area contributed by atoms with E-state index in [0.29, 0.717) is 0 Å². The third-order valence-electron chi connectivity index (χ3n) is 2.28. The van der Waals surface area contributed by atoms with E-state index in [1.807, 2.05) is 17.8 Å². The molecule has 0 radical (unpaired) electrons. The van der Waals surface area contributed by atoms with E-state index in [1.165, 1.54) is 5.56 Å². The summed E-state index contributed by atoms with van der Waals surface area (Å²) in [6, 6.07) is 4.14. The molecule has 1 heterocycles.